The molecule has 3 N–H and O–H groups in total. The standard InChI is InChI=1S/C22H27N5O4S2/c1-5-31-21(29)18-15(10-13(2)3)11-32-20(18)24-17(28)12-33-22-26-25-19(27(22)23)14-6-8-16(30-4)9-7-14/h6-9,11,13H,5,10,12,23H2,1-4H3,(H,24,28). The van der Waals surface area contributed by atoms with Crippen molar-refractivity contribution in [3.8, 4) is 17.1 Å². The minimum absolute atomic E-state index is 0.0532. The highest BCUT2D eigenvalue weighted by Crippen LogP contribution is 2.31. The van der Waals surface area contributed by atoms with Gasteiger partial charge in [0.15, 0.2) is 5.82 Å². The first-order chi connectivity index (χ1) is 15.8. The number of rotatable bonds is 10. The van der Waals surface area contributed by atoms with E-state index in [0.29, 0.717) is 27.5 Å². The van der Waals surface area contributed by atoms with Crippen molar-refractivity contribution >= 4 is 40.0 Å². The Morgan fingerprint density at radius 3 is 2.61 bits per heavy atom. The number of nitrogen functional groups attached to an aromatic ring is 1. The van der Waals surface area contributed by atoms with Gasteiger partial charge in [-0.1, -0.05) is 25.6 Å². The predicted molar refractivity (Wildman–Crippen MR) is 130 cm³/mol. The van der Waals surface area contributed by atoms with Crippen LogP contribution < -0.4 is 15.9 Å². The highest BCUT2D eigenvalue weighted by atomic mass is 32.2. The van der Waals surface area contributed by atoms with Gasteiger partial charge in [-0.3, -0.25) is 4.79 Å². The second-order valence-corrected chi connectivity index (χ2v) is 9.35. The number of hydrogen-bond donors (Lipinski definition) is 2. The quantitative estimate of drug-likeness (QED) is 0.250. The molecule has 0 unspecified atom stereocenters. The number of nitrogens with one attached hydrogen (secondary N) is 1. The fourth-order valence-electron chi connectivity index (χ4n) is 3.11. The van der Waals surface area contributed by atoms with E-state index in [1.165, 1.54) is 16.0 Å². The van der Waals surface area contributed by atoms with Crippen molar-refractivity contribution in [2.75, 3.05) is 30.6 Å². The summed E-state index contributed by atoms with van der Waals surface area (Å²) in [5.74, 6) is 7.05. The topological polar surface area (TPSA) is 121 Å². The van der Waals surface area contributed by atoms with Gasteiger partial charge >= 0.3 is 5.97 Å². The van der Waals surface area contributed by atoms with Crippen LogP contribution >= 0.6 is 23.1 Å². The Balaban J connectivity index is 1.68. The Hall–Kier alpha value is -3.05. The van der Waals surface area contributed by atoms with E-state index < -0.39 is 5.97 Å². The maximum atomic E-state index is 12.6. The fourth-order valence-corrected chi connectivity index (χ4v) is 4.74. The van der Waals surface area contributed by atoms with Gasteiger partial charge in [0.2, 0.25) is 11.1 Å². The molecule has 1 aromatic carbocycles. The number of nitrogens with zero attached hydrogens (tertiary/aromatic N) is 3. The predicted octanol–water partition coefficient (Wildman–Crippen LogP) is 3.84. The van der Waals surface area contributed by atoms with E-state index in [1.54, 1.807) is 26.2 Å². The highest BCUT2D eigenvalue weighted by Gasteiger charge is 2.22. The molecule has 11 heteroatoms. The molecule has 9 nitrogen and oxygen atoms in total. The van der Waals surface area contributed by atoms with E-state index in [1.807, 2.05) is 17.5 Å². The van der Waals surface area contributed by atoms with Crippen LogP contribution in [0.2, 0.25) is 0 Å². The van der Waals surface area contributed by atoms with Gasteiger partial charge < -0.3 is 20.6 Å². The molecule has 0 bridgehead atoms. The zero-order valence-corrected chi connectivity index (χ0v) is 20.6. The van der Waals surface area contributed by atoms with Crippen LogP contribution in [0.4, 0.5) is 5.00 Å². The molecule has 1 amide bonds. The first-order valence-corrected chi connectivity index (χ1v) is 12.3. The van der Waals surface area contributed by atoms with Gasteiger partial charge in [-0.25, -0.2) is 9.47 Å². The number of thioether (sulfide) groups is 1. The molecular weight excluding hydrogens is 462 g/mol. The van der Waals surface area contributed by atoms with Crippen molar-refractivity contribution < 1.29 is 19.1 Å². The average molecular weight is 490 g/mol. The molecule has 3 rings (SSSR count). The van der Waals surface area contributed by atoms with Crippen molar-refractivity contribution in [1.29, 1.82) is 0 Å². The Morgan fingerprint density at radius 1 is 1.24 bits per heavy atom. The second-order valence-electron chi connectivity index (χ2n) is 7.53. The average Bonchev–Trinajstić information content (AvgIpc) is 3.35. The van der Waals surface area contributed by atoms with Crippen molar-refractivity contribution in [3.05, 3.63) is 40.8 Å². The number of methoxy groups -OCH3 is 1. The number of hydrogen-bond acceptors (Lipinski definition) is 9. The molecular formula is C22H27N5O4S2. The SMILES string of the molecule is CCOC(=O)c1c(CC(C)C)csc1NC(=O)CSc1nnc(-c2ccc(OC)cc2)n1N. The number of nitrogens with two attached hydrogens (primary N) is 1. The number of amides is 1. The van der Waals surface area contributed by atoms with E-state index in [-0.39, 0.29) is 18.3 Å². The molecule has 0 saturated heterocycles. The summed E-state index contributed by atoms with van der Waals surface area (Å²) in [6, 6.07) is 7.27. The van der Waals surface area contributed by atoms with E-state index in [2.05, 4.69) is 29.4 Å². The van der Waals surface area contributed by atoms with E-state index >= 15 is 0 Å². The minimum atomic E-state index is -0.428. The normalized spacial score (nSPS) is 10.9. The number of carbonyl (C=O) groups is 2. The number of aromatic nitrogens is 3. The molecule has 0 saturated carbocycles. The molecule has 33 heavy (non-hydrogen) atoms. The summed E-state index contributed by atoms with van der Waals surface area (Å²) < 4.78 is 11.7. The zero-order valence-electron chi connectivity index (χ0n) is 19.0. The maximum absolute atomic E-state index is 12.6. The number of anilines is 1. The van der Waals surface area contributed by atoms with Crippen molar-refractivity contribution in [1.82, 2.24) is 14.9 Å². The molecule has 0 radical (unpaired) electrons. The van der Waals surface area contributed by atoms with Crippen LogP contribution in [0.3, 0.4) is 0 Å². The monoisotopic (exact) mass is 489 g/mol. The molecule has 0 aliphatic heterocycles. The van der Waals surface area contributed by atoms with Crippen molar-refractivity contribution in [2.45, 2.75) is 32.3 Å². The third-order valence-corrected chi connectivity index (χ3v) is 6.46. The number of carbonyl (C=O) groups excluding carboxylic acids is 2. The zero-order chi connectivity index (χ0) is 24.0. The molecule has 2 heterocycles. The van der Waals surface area contributed by atoms with Crippen LogP contribution in [0.15, 0.2) is 34.8 Å². The van der Waals surface area contributed by atoms with Crippen molar-refractivity contribution in [2.24, 2.45) is 5.92 Å². The molecule has 0 spiro atoms. The van der Waals surface area contributed by atoms with Crippen molar-refractivity contribution in [3.63, 3.8) is 0 Å². The van der Waals surface area contributed by atoms with E-state index in [4.69, 9.17) is 15.3 Å². The van der Waals surface area contributed by atoms with Crippen LogP contribution in [-0.2, 0) is 16.0 Å². The van der Waals surface area contributed by atoms with Gasteiger partial charge in [0, 0.05) is 5.56 Å². The van der Waals surface area contributed by atoms with Crippen LogP contribution in [0.1, 0.15) is 36.7 Å². The summed E-state index contributed by atoms with van der Waals surface area (Å²) in [5.41, 5.74) is 2.08. The maximum Gasteiger partial charge on any atom is 0.341 e. The lowest BCUT2D eigenvalue weighted by atomic mass is 10.0. The van der Waals surface area contributed by atoms with Crippen LogP contribution in [0.25, 0.3) is 11.4 Å². The molecule has 0 fully saturated rings. The number of esters is 1. The lowest BCUT2D eigenvalue weighted by Gasteiger charge is -2.10. The molecule has 176 valence electrons. The largest absolute Gasteiger partial charge is 0.497 e. The van der Waals surface area contributed by atoms with Gasteiger partial charge in [-0.2, -0.15) is 0 Å². The third-order valence-electron chi connectivity index (χ3n) is 4.57. The Labute approximate surface area is 200 Å². The second kappa shape index (κ2) is 11.2. The lowest BCUT2D eigenvalue weighted by molar-refractivity contribution is -0.113. The third kappa shape index (κ3) is 6.05. The molecule has 0 aliphatic carbocycles. The summed E-state index contributed by atoms with van der Waals surface area (Å²) in [6.45, 7) is 6.17. The van der Waals surface area contributed by atoms with Crippen LogP contribution in [-0.4, -0.2) is 46.2 Å². The van der Waals surface area contributed by atoms with Gasteiger partial charge in [0.1, 0.15) is 10.8 Å². The van der Waals surface area contributed by atoms with Gasteiger partial charge in [-0.05, 0) is 54.5 Å². The fraction of sp³-hybridized carbons (Fsp3) is 0.364. The lowest BCUT2D eigenvalue weighted by Crippen LogP contribution is -2.18. The molecule has 2 aromatic heterocycles. The summed E-state index contributed by atoms with van der Waals surface area (Å²) >= 11 is 2.48. The first-order valence-electron chi connectivity index (χ1n) is 10.4. The van der Waals surface area contributed by atoms with E-state index in [9.17, 15) is 9.59 Å². The minimum Gasteiger partial charge on any atom is -0.497 e. The molecule has 3 aromatic rings. The molecule has 0 atom stereocenters. The van der Waals surface area contributed by atoms with E-state index in [0.717, 1.165) is 35.1 Å². The Morgan fingerprint density at radius 2 is 1.97 bits per heavy atom. The highest BCUT2D eigenvalue weighted by molar-refractivity contribution is 7.99. The smallest absolute Gasteiger partial charge is 0.341 e. The van der Waals surface area contributed by atoms with Gasteiger partial charge in [0.05, 0.1) is 25.0 Å². The van der Waals surface area contributed by atoms with Crippen LogP contribution in [0.5, 0.6) is 5.75 Å². The van der Waals surface area contributed by atoms with Gasteiger partial charge in [0.25, 0.3) is 0 Å². The first kappa shape index (κ1) is 24.6. The number of ether oxygens (including phenoxy) is 2. The van der Waals surface area contributed by atoms with Crippen LogP contribution in [0, 0.1) is 5.92 Å². The summed E-state index contributed by atoms with van der Waals surface area (Å²) in [4.78, 5) is 25.1. The van der Waals surface area contributed by atoms with Gasteiger partial charge in [-0.15, -0.1) is 21.5 Å². The Bertz CT molecular complexity index is 1110. The summed E-state index contributed by atoms with van der Waals surface area (Å²) in [5, 5.41) is 13.8. The molecule has 0 aliphatic rings. The summed E-state index contributed by atoms with van der Waals surface area (Å²) in [7, 11) is 1.59. The number of thiophene rings is 1. The Kier molecular flexibility index (Phi) is 8.34. The number of benzene rings is 1. The summed E-state index contributed by atoms with van der Waals surface area (Å²) in [6.07, 6.45) is 0.722.